The van der Waals surface area contributed by atoms with E-state index in [1.807, 2.05) is 7.05 Å². The van der Waals surface area contributed by atoms with Crippen molar-refractivity contribution in [1.82, 2.24) is 5.32 Å². The topological polar surface area (TPSA) is 30.5 Å². The van der Waals surface area contributed by atoms with Crippen molar-refractivity contribution < 1.29 is 9.47 Å². The number of rotatable bonds is 3. The van der Waals surface area contributed by atoms with Crippen molar-refractivity contribution in [1.29, 1.82) is 0 Å². The molecule has 18 heavy (non-hydrogen) atoms. The molecule has 0 bridgehead atoms. The van der Waals surface area contributed by atoms with E-state index in [0.29, 0.717) is 5.41 Å². The van der Waals surface area contributed by atoms with E-state index in [4.69, 9.17) is 9.47 Å². The fourth-order valence-electron chi connectivity index (χ4n) is 2.43. The molecule has 0 radical (unpaired) electrons. The smallest absolute Gasteiger partial charge is 0.161 e. The maximum Gasteiger partial charge on any atom is 0.161 e. The zero-order valence-electron chi connectivity index (χ0n) is 11.2. The highest BCUT2D eigenvalue weighted by molar-refractivity contribution is 5.47. The summed E-state index contributed by atoms with van der Waals surface area (Å²) in [7, 11) is 1.98. The Hall–Kier alpha value is -1.22. The summed E-state index contributed by atoms with van der Waals surface area (Å²) in [6.07, 6.45) is 3.52. The number of hydrogen-bond donors (Lipinski definition) is 1. The van der Waals surface area contributed by atoms with Crippen LogP contribution in [0.25, 0.3) is 0 Å². The molecule has 98 valence electrons. The molecule has 1 heterocycles. The molecule has 1 N–H and O–H groups in total. The van der Waals surface area contributed by atoms with Gasteiger partial charge in [-0.15, -0.1) is 0 Å². The van der Waals surface area contributed by atoms with E-state index < -0.39 is 0 Å². The second-order valence-electron chi connectivity index (χ2n) is 5.66. The van der Waals surface area contributed by atoms with Crippen LogP contribution < -0.4 is 14.8 Å². The van der Waals surface area contributed by atoms with Gasteiger partial charge in [-0.3, -0.25) is 0 Å². The molecule has 1 fully saturated rings. The first-order valence-corrected chi connectivity index (χ1v) is 6.76. The molecular formula is C15H21NO2. The lowest BCUT2D eigenvalue weighted by molar-refractivity contribution is 0.197. The van der Waals surface area contributed by atoms with Gasteiger partial charge in [0.1, 0.15) is 0 Å². The van der Waals surface area contributed by atoms with Gasteiger partial charge in [0.05, 0.1) is 13.2 Å². The van der Waals surface area contributed by atoms with Crippen LogP contribution in [0, 0.1) is 12.3 Å². The third-order valence-corrected chi connectivity index (χ3v) is 4.07. The van der Waals surface area contributed by atoms with Gasteiger partial charge in [-0.05, 0) is 63.0 Å². The molecule has 3 rings (SSSR count). The van der Waals surface area contributed by atoms with Crippen LogP contribution in [0.5, 0.6) is 11.5 Å². The second kappa shape index (κ2) is 4.47. The van der Waals surface area contributed by atoms with Crippen molar-refractivity contribution in [3.63, 3.8) is 0 Å². The Morgan fingerprint density at radius 2 is 1.83 bits per heavy atom. The molecule has 1 aromatic rings. The van der Waals surface area contributed by atoms with Crippen LogP contribution in [0.15, 0.2) is 12.1 Å². The predicted molar refractivity (Wildman–Crippen MR) is 71.5 cm³/mol. The van der Waals surface area contributed by atoms with Crippen molar-refractivity contribution in [2.24, 2.45) is 5.41 Å². The van der Waals surface area contributed by atoms with E-state index in [2.05, 4.69) is 24.4 Å². The number of ether oxygens (including phenoxy) is 2. The SMILES string of the molecule is CNCCc1cc2c(cc1C)OCC1(CC1)CO2. The highest BCUT2D eigenvalue weighted by Crippen LogP contribution is 2.49. The van der Waals surface area contributed by atoms with Gasteiger partial charge in [-0.25, -0.2) is 0 Å². The van der Waals surface area contributed by atoms with Crippen molar-refractivity contribution in [3.05, 3.63) is 23.3 Å². The molecule has 1 spiro atoms. The Labute approximate surface area is 108 Å². The normalized spacial score (nSPS) is 19.7. The van der Waals surface area contributed by atoms with E-state index in [-0.39, 0.29) is 0 Å². The maximum absolute atomic E-state index is 5.96. The molecule has 3 heteroatoms. The molecule has 1 aliphatic heterocycles. The van der Waals surface area contributed by atoms with Crippen LogP contribution >= 0.6 is 0 Å². The molecule has 2 aliphatic rings. The molecule has 3 nitrogen and oxygen atoms in total. The second-order valence-corrected chi connectivity index (χ2v) is 5.66. The minimum Gasteiger partial charge on any atom is -0.489 e. The number of fused-ring (bicyclic) bond motifs is 1. The predicted octanol–water partition coefficient (Wildman–Crippen LogP) is 2.31. The first-order valence-electron chi connectivity index (χ1n) is 6.76. The van der Waals surface area contributed by atoms with Crippen LogP contribution in [0.3, 0.4) is 0 Å². The first-order chi connectivity index (χ1) is 8.72. The van der Waals surface area contributed by atoms with E-state index >= 15 is 0 Å². The molecule has 1 aromatic carbocycles. The van der Waals surface area contributed by atoms with Crippen molar-refractivity contribution in [2.45, 2.75) is 26.2 Å². The highest BCUT2D eigenvalue weighted by atomic mass is 16.5. The summed E-state index contributed by atoms with van der Waals surface area (Å²) >= 11 is 0. The zero-order valence-corrected chi connectivity index (χ0v) is 11.2. The highest BCUT2D eigenvalue weighted by Gasteiger charge is 2.46. The van der Waals surface area contributed by atoms with Gasteiger partial charge < -0.3 is 14.8 Å². The van der Waals surface area contributed by atoms with Crippen LogP contribution in [0.2, 0.25) is 0 Å². The van der Waals surface area contributed by atoms with Crippen molar-refractivity contribution in [2.75, 3.05) is 26.8 Å². The third-order valence-electron chi connectivity index (χ3n) is 4.07. The maximum atomic E-state index is 5.96. The van der Waals surface area contributed by atoms with Gasteiger partial charge in [0.15, 0.2) is 11.5 Å². The van der Waals surface area contributed by atoms with Gasteiger partial charge in [-0.2, -0.15) is 0 Å². The minimum absolute atomic E-state index is 0.318. The molecular weight excluding hydrogens is 226 g/mol. The Kier molecular flexibility index (Phi) is 2.94. The minimum atomic E-state index is 0.318. The lowest BCUT2D eigenvalue weighted by Gasteiger charge is -2.12. The lowest BCUT2D eigenvalue weighted by Crippen LogP contribution is -2.17. The van der Waals surface area contributed by atoms with Crippen LogP contribution in [-0.4, -0.2) is 26.8 Å². The fraction of sp³-hybridized carbons (Fsp3) is 0.600. The quantitative estimate of drug-likeness (QED) is 0.889. The Morgan fingerprint density at radius 1 is 1.17 bits per heavy atom. The molecule has 0 atom stereocenters. The van der Waals surface area contributed by atoms with E-state index in [1.54, 1.807) is 0 Å². The van der Waals surface area contributed by atoms with Crippen molar-refractivity contribution >= 4 is 0 Å². The fourth-order valence-corrected chi connectivity index (χ4v) is 2.43. The number of likely N-dealkylation sites (N-methyl/N-ethyl adjacent to an activating group) is 1. The summed E-state index contributed by atoms with van der Waals surface area (Å²) < 4.78 is 11.9. The van der Waals surface area contributed by atoms with E-state index in [0.717, 1.165) is 37.7 Å². The number of nitrogens with one attached hydrogen (secondary N) is 1. The van der Waals surface area contributed by atoms with Gasteiger partial charge in [0.2, 0.25) is 0 Å². The van der Waals surface area contributed by atoms with Gasteiger partial charge in [-0.1, -0.05) is 0 Å². The summed E-state index contributed by atoms with van der Waals surface area (Å²) in [5.41, 5.74) is 2.95. The summed E-state index contributed by atoms with van der Waals surface area (Å²) in [5.74, 6) is 1.85. The molecule has 1 saturated carbocycles. The Morgan fingerprint density at radius 3 is 2.44 bits per heavy atom. The number of benzene rings is 1. The summed E-state index contributed by atoms with van der Waals surface area (Å²) in [6, 6.07) is 4.28. The van der Waals surface area contributed by atoms with Crippen LogP contribution in [0.1, 0.15) is 24.0 Å². The summed E-state index contributed by atoms with van der Waals surface area (Å²) in [6.45, 7) is 4.76. The summed E-state index contributed by atoms with van der Waals surface area (Å²) in [4.78, 5) is 0. The van der Waals surface area contributed by atoms with Crippen LogP contribution in [0.4, 0.5) is 0 Å². The zero-order chi connectivity index (χ0) is 12.6. The van der Waals surface area contributed by atoms with Gasteiger partial charge >= 0.3 is 0 Å². The lowest BCUT2D eigenvalue weighted by atomic mass is 10.0. The Balaban J connectivity index is 1.83. The van der Waals surface area contributed by atoms with Crippen molar-refractivity contribution in [3.8, 4) is 11.5 Å². The Bertz CT molecular complexity index is 452. The van der Waals surface area contributed by atoms with Crippen LogP contribution in [-0.2, 0) is 6.42 Å². The standard InChI is InChI=1S/C15H21NO2/c1-11-7-13-14(8-12(11)3-6-16-2)18-10-15(4-5-15)9-17-13/h7-8,16H,3-6,9-10H2,1-2H3. The van der Waals surface area contributed by atoms with E-state index in [9.17, 15) is 0 Å². The number of hydrogen-bond acceptors (Lipinski definition) is 3. The van der Waals surface area contributed by atoms with E-state index in [1.165, 1.54) is 24.0 Å². The number of aryl methyl sites for hydroxylation is 1. The average molecular weight is 247 g/mol. The molecule has 0 aromatic heterocycles. The molecule has 1 aliphatic carbocycles. The molecule has 0 unspecified atom stereocenters. The average Bonchev–Trinajstić information content (AvgIpc) is 3.16. The third kappa shape index (κ3) is 2.19. The largest absolute Gasteiger partial charge is 0.489 e. The first kappa shape index (κ1) is 11.8. The monoisotopic (exact) mass is 247 g/mol. The molecule has 0 saturated heterocycles. The van der Waals surface area contributed by atoms with Gasteiger partial charge in [0.25, 0.3) is 0 Å². The summed E-state index contributed by atoms with van der Waals surface area (Å²) in [5, 5.41) is 3.19. The van der Waals surface area contributed by atoms with Gasteiger partial charge in [0, 0.05) is 5.41 Å². The molecule has 0 amide bonds.